The molecule has 2 fully saturated rings. The third kappa shape index (κ3) is 28.8. The number of ether oxygens (including phenoxy) is 6. The van der Waals surface area contributed by atoms with E-state index in [2.05, 4.69) is 38.2 Å². The van der Waals surface area contributed by atoms with Gasteiger partial charge in [0.25, 0.3) is 0 Å². The summed E-state index contributed by atoms with van der Waals surface area (Å²) in [6.07, 6.45) is 28.0. The fourth-order valence-electron chi connectivity index (χ4n) is 8.51. The van der Waals surface area contributed by atoms with Gasteiger partial charge in [0.05, 0.1) is 26.4 Å². The van der Waals surface area contributed by atoms with E-state index in [-0.39, 0.29) is 25.6 Å². The summed E-state index contributed by atoms with van der Waals surface area (Å²) in [6, 6.07) is 0. The Morgan fingerprint density at radius 1 is 0.478 bits per heavy atom. The van der Waals surface area contributed by atoms with Gasteiger partial charge in [-0.1, -0.05) is 160 Å². The van der Waals surface area contributed by atoms with Crippen molar-refractivity contribution in [3.8, 4) is 0 Å². The second-order valence-electron chi connectivity index (χ2n) is 19.0. The maximum Gasteiger partial charge on any atom is 0.306 e. The van der Waals surface area contributed by atoms with Crippen LogP contribution >= 0.6 is 0 Å². The van der Waals surface area contributed by atoms with Crippen molar-refractivity contribution in [3.63, 3.8) is 0 Å². The Morgan fingerprint density at radius 3 is 1.36 bits per heavy atom. The third-order valence-electron chi connectivity index (χ3n) is 12.9. The quantitative estimate of drug-likeness (QED) is 0.0174. The second-order valence-corrected chi connectivity index (χ2v) is 19.0. The van der Waals surface area contributed by atoms with Crippen LogP contribution in [0.25, 0.3) is 0 Å². The van der Waals surface area contributed by atoms with E-state index in [1.165, 1.54) is 128 Å². The first kappa shape index (κ1) is 61.6. The van der Waals surface area contributed by atoms with Crippen molar-refractivity contribution in [1.29, 1.82) is 0 Å². The molecule has 2 aliphatic heterocycles. The number of esters is 1. The Morgan fingerprint density at radius 2 is 0.881 bits per heavy atom. The molecule has 2 heterocycles. The van der Waals surface area contributed by atoms with Crippen molar-refractivity contribution < 1.29 is 69.0 Å². The number of hydrogen-bond donors (Lipinski definition) is 7. The van der Waals surface area contributed by atoms with Crippen molar-refractivity contribution in [2.24, 2.45) is 0 Å². The van der Waals surface area contributed by atoms with E-state index in [0.29, 0.717) is 13.0 Å². The van der Waals surface area contributed by atoms with E-state index in [0.717, 1.165) is 51.4 Å². The van der Waals surface area contributed by atoms with Gasteiger partial charge in [-0.3, -0.25) is 4.79 Å². The van der Waals surface area contributed by atoms with Crippen LogP contribution in [0.15, 0.2) is 24.3 Å². The zero-order valence-corrected chi connectivity index (χ0v) is 41.9. The molecule has 0 saturated carbocycles. The molecule has 2 saturated heterocycles. The molecule has 0 aromatic carbocycles. The zero-order chi connectivity index (χ0) is 48.7. The molecule has 0 bridgehead atoms. The lowest BCUT2D eigenvalue weighted by molar-refractivity contribution is -0.332. The van der Waals surface area contributed by atoms with E-state index in [1.54, 1.807) is 0 Å². The van der Waals surface area contributed by atoms with Crippen LogP contribution in [0.1, 0.15) is 206 Å². The fourth-order valence-corrected chi connectivity index (χ4v) is 8.51. The number of hydrogen-bond acceptors (Lipinski definition) is 14. The predicted molar refractivity (Wildman–Crippen MR) is 261 cm³/mol. The smallest absolute Gasteiger partial charge is 0.306 e. The highest BCUT2D eigenvalue weighted by Crippen LogP contribution is 2.26. The summed E-state index contributed by atoms with van der Waals surface area (Å²) in [5.41, 5.74) is 0. The van der Waals surface area contributed by atoms with Gasteiger partial charge in [-0.2, -0.15) is 0 Å². The van der Waals surface area contributed by atoms with Gasteiger partial charge < -0.3 is 64.2 Å². The van der Waals surface area contributed by atoms with Crippen molar-refractivity contribution >= 4 is 5.97 Å². The average molecular weight is 959 g/mol. The topological polar surface area (TPSA) is 214 Å². The molecule has 14 nitrogen and oxygen atoms in total. The van der Waals surface area contributed by atoms with E-state index in [1.807, 2.05) is 0 Å². The number of allylic oxidation sites excluding steroid dienone is 4. The van der Waals surface area contributed by atoms with Gasteiger partial charge in [0.2, 0.25) is 0 Å². The van der Waals surface area contributed by atoms with Gasteiger partial charge in [0.1, 0.15) is 54.9 Å². The molecule has 2 aliphatic rings. The van der Waals surface area contributed by atoms with Crippen LogP contribution in [0.5, 0.6) is 0 Å². The Labute approximate surface area is 405 Å². The first-order valence-corrected chi connectivity index (χ1v) is 26.9. The van der Waals surface area contributed by atoms with Gasteiger partial charge in [0.15, 0.2) is 12.6 Å². The Balaban J connectivity index is 1.75. The van der Waals surface area contributed by atoms with Gasteiger partial charge in [0, 0.05) is 13.0 Å². The molecule has 394 valence electrons. The van der Waals surface area contributed by atoms with E-state index < -0.39 is 80.7 Å². The Kier molecular flexibility index (Phi) is 37.8. The molecule has 7 N–H and O–H groups in total. The minimum absolute atomic E-state index is 0.0582. The summed E-state index contributed by atoms with van der Waals surface area (Å²) in [6.45, 7) is 3.68. The van der Waals surface area contributed by atoms with Gasteiger partial charge >= 0.3 is 5.97 Å². The number of carbonyl (C=O) groups is 1. The van der Waals surface area contributed by atoms with Crippen LogP contribution < -0.4 is 0 Å². The third-order valence-corrected chi connectivity index (χ3v) is 12.9. The molecule has 2 rings (SSSR count). The van der Waals surface area contributed by atoms with Crippen LogP contribution in [-0.2, 0) is 33.2 Å². The number of aliphatic hydroxyl groups excluding tert-OH is 7. The summed E-state index contributed by atoms with van der Waals surface area (Å²) < 4.78 is 34.3. The molecule has 0 aromatic rings. The summed E-state index contributed by atoms with van der Waals surface area (Å²) in [5.74, 6) is -0.381. The first-order chi connectivity index (χ1) is 32.6. The van der Waals surface area contributed by atoms with E-state index >= 15 is 0 Å². The van der Waals surface area contributed by atoms with Crippen LogP contribution in [0, 0.1) is 0 Å². The highest BCUT2D eigenvalue weighted by atomic mass is 16.7. The number of rotatable bonds is 43. The minimum atomic E-state index is -1.71. The van der Waals surface area contributed by atoms with Crippen molar-refractivity contribution in [3.05, 3.63) is 24.3 Å². The molecule has 0 aromatic heterocycles. The van der Waals surface area contributed by atoms with Gasteiger partial charge in [-0.15, -0.1) is 0 Å². The lowest BCUT2D eigenvalue weighted by Crippen LogP contribution is -2.61. The molecule has 11 atom stereocenters. The van der Waals surface area contributed by atoms with Crippen LogP contribution in [0.4, 0.5) is 0 Å². The van der Waals surface area contributed by atoms with E-state index in [4.69, 9.17) is 28.4 Å². The highest BCUT2D eigenvalue weighted by molar-refractivity contribution is 5.69. The molecule has 11 unspecified atom stereocenters. The summed E-state index contributed by atoms with van der Waals surface area (Å²) in [5, 5.41) is 72.2. The SMILES string of the molecule is CCCCCCC/C=C\CCCCCCCCOCC(COC1OC(COC2OC(CO)C(O)C(O)C2O)C(O)C(O)C1O)OC(=O)CCCCCCCCC/C=C\CCCCCCCCC. The Bertz CT molecular complexity index is 1200. The van der Waals surface area contributed by atoms with Crippen LogP contribution in [0.3, 0.4) is 0 Å². The van der Waals surface area contributed by atoms with Crippen LogP contribution in [-0.4, -0.2) is 142 Å². The molecule has 0 amide bonds. The van der Waals surface area contributed by atoms with Crippen molar-refractivity contribution in [2.45, 2.75) is 274 Å². The molecule has 0 radical (unpaired) electrons. The predicted octanol–water partition coefficient (Wildman–Crippen LogP) is 8.41. The molecule has 14 heteroatoms. The van der Waals surface area contributed by atoms with E-state index in [9.17, 15) is 40.5 Å². The summed E-state index contributed by atoms with van der Waals surface area (Å²) in [4.78, 5) is 13.0. The van der Waals surface area contributed by atoms with Crippen molar-refractivity contribution in [1.82, 2.24) is 0 Å². The summed E-state index contributed by atoms with van der Waals surface area (Å²) in [7, 11) is 0. The first-order valence-electron chi connectivity index (χ1n) is 26.9. The normalized spacial score (nSPS) is 26.2. The zero-order valence-electron chi connectivity index (χ0n) is 41.9. The largest absolute Gasteiger partial charge is 0.457 e. The fraction of sp³-hybridized carbons (Fsp3) is 0.906. The number of aliphatic hydroxyl groups is 7. The molecular formula is C53H98O14. The Hall–Kier alpha value is -1.53. The second kappa shape index (κ2) is 41.1. The van der Waals surface area contributed by atoms with Crippen LogP contribution in [0.2, 0.25) is 0 Å². The lowest BCUT2D eigenvalue weighted by atomic mass is 9.98. The lowest BCUT2D eigenvalue weighted by Gasteiger charge is -2.42. The monoisotopic (exact) mass is 959 g/mol. The number of unbranched alkanes of at least 4 members (excludes halogenated alkanes) is 25. The summed E-state index contributed by atoms with van der Waals surface area (Å²) >= 11 is 0. The highest BCUT2D eigenvalue weighted by Gasteiger charge is 2.47. The average Bonchev–Trinajstić information content (AvgIpc) is 3.32. The van der Waals surface area contributed by atoms with Gasteiger partial charge in [-0.25, -0.2) is 0 Å². The molecule has 67 heavy (non-hydrogen) atoms. The number of carbonyl (C=O) groups excluding carboxylic acids is 1. The molecule has 0 spiro atoms. The maximum absolute atomic E-state index is 13.0. The molecule has 0 aliphatic carbocycles. The maximum atomic E-state index is 13.0. The van der Waals surface area contributed by atoms with Crippen molar-refractivity contribution in [2.75, 3.05) is 33.0 Å². The molecular weight excluding hydrogens is 861 g/mol. The standard InChI is InChI=1S/C53H98O14/c1-3-5-7-9-11-13-15-17-19-20-21-22-24-26-28-30-32-34-36-45(55)65-42(39-62-37-35-33-31-29-27-25-23-18-16-14-12-10-8-6-4-2)40-63-52-51(61)49(59)47(57)44(67-52)41-64-53-50(60)48(58)46(56)43(38-54)66-53/h16,18-20,42-44,46-54,56-61H,3-15,17,21-41H2,1-2H3/b18-16-,20-19-. The minimum Gasteiger partial charge on any atom is -0.457 e. The van der Waals surface area contributed by atoms with Gasteiger partial charge in [-0.05, 0) is 64.2 Å².